The summed E-state index contributed by atoms with van der Waals surface area (Å²) in [5, 5.41) is 17.9. The van der Waals surface area contributed by atoms with Crippen LogP contribution in [0.4, 0.5) is 13.2 Å². The quantitative estimate of drug-likeness (QED) is 0.557. The first-order valence-corrected chi connectivity index (χ1v) is 8.10. The molecule has 2 aromatic rings. The molecule has 0 spiro atoms. The largest absolute Gasteiger partial charge is 0.414 e. The Kier molecular flexibility index (Phi) is 10.3. The van der Waals surface area contributed by atoms with Crippen molar-refractivity contribution in [2.24, 2.45) is 5.41 Å². The molecular formula is C19H24F3IrN2O2-. The molecule has 1 aromatic heterocycles. The number of halogens is 3. The zero-order valence-corrected chi connectivity index (χ0v) is 18.0. The smallest absolute Gasteiger partial charge is 0.392 e. The Morgan fingerprint density at radius 3 is 2.07 bits per heavy atom. The summed E-state index contributed by atoms with van der Waals surface area (Å²) in [5.41, 5.74) is 2.19. The zero-order valence-electron chi connectivity index (χ0n) is 15.6. The first-order chi connectivity index (χ1) is 11.9. The number of nitrogens with zero attached hydrogens (tertiary/aromatic N) is 2. The maximum Gasteiger partial charge on any atom is 0.414 e. The summed E-state index contributed by atoms with van der Waals surface area (Å²) >= 11 is 0. The van der Waals surface area contributed by atoms with Gasteiger partial charge in [-0.1, -0.05) is 20.8 Å². The fourth-order valence-corrected chi connectivity index (χ4v) is 1.91. The van der Waals surface area contributed by atoms with Crippen molar-refractivity contribution in [2.75, 3.05) is 0 Å². The first-order valence-electron chi connectivity index (χ1n) is 8.10. The van der Waals surface area contributed by atoms with Crippen molar-refractivity contribution in [1.82, 2.24) is 9.97 Å². The molecule has 0 saturated heterocycles. The number of aliphatic hydroxyl groups excluding tert-OH is 2. The van der Waals surface area contributed by atoms with Gasteiger partial charge in [-0.15, -0.1) is 35.9 Å². The second-order valence-corrected chi connectivity index (χ2v) is 6.94. The standard InChI is InChI=1S/C11H9N2.C8H15F3O2.Ir/c1-9-11(13-8-7-12-9)10-5-3-2-4-6-10;1-7(2,3)5(12)4-6(13)8(9,10)11;/h2-5,7-8H,1H3;5-6,12-13H,4H2,1-3H3;/q-1;;. The van der Waals surface area contributed by atoms with Crippen LogP contribution in [0.3, 0.4) is 0 Å². The van der Waals surface area contributed by atoms with Gasteiger partial charge in [0.2, 0.25) is 0 Å². The summed E-state index contributed by atoms with van der Waals surface area (Å²) in [6.45, 7) is 6.78. The van der Waals surface area contributed by atoms with Crippen LogP contribution >= 0.6 is 0 Å². The minimum atomic E-state index is -4.65. The fraction of sp³-hybridized carbons (Fsp3) is 0.474. The van der Waals surface area contributed by atoms with E-state index in [-0.39, 0.29) is 20.1 Å². The van der Waals surface area contributed by atoms with E-state index in [0.717, 1.165) is 17.0 Å². The summed E-state index contributed by atoms with van der Waals surface area (Å²) < 4.78 is 35.5. The Labute approximate surface area is 171 Å². The molecule has 1 aromatic carbocycles. The molecule has 0 aliphatic carbocycles. The molecule has 27 heavy (non-hydrogen) atoms. The Balaban J connectivity index is 0.000000483. The van der Waals surface area contributed by atoms with Gasteiger partial charge in [0.05, 0.1) is 6.10 Å². The molecule has 4 nitrogen and oxygen atoms in total. The third-order valence-corrected chi connectivity index (χ3v) is 3.67. The molecule has 1 radical (unpaired) electrons. The van der Waals surface area contributed by atoms with Gasteiger partial charge in [-0.25, -0.2) is 0 Å². The van der Waals surface area contributed by atoms with Gasteiger partial charge in [0.25, 0.3) is 0 Å². The van der Waals surface area contributed by atoms with E-state index in [1.807, 2.05) is 31.2 Å². The minimum Gasteiger partial charge on any atom is -0.392 e. The van der Waals surface area contributed by atoms with E-state index in [1.54, 1.807) is 33.2 Å². The van der Waals surface area contributed by atoms with Gasteiger partial charge in [-0.05, 0) is 12.3 Å². The molecule has 0 aliphatic heterocycles. The average molecular weight is 562 g/mol. The van der Waals surface area contributed by atoms with E-state index in [9.17, 15) is 18.3 Å². The second-order valence-electron chi connectivity index (χ2n) is 6.94. The first kappa shape index (κ1) is 25.7. The molecule has 2 N–H and O–H groups in total. The minimum absolute atomic E-state index is 0. The molecule has 2 unspecified atom stereocenters. The number of alkyl halides is 3. The molecule has 0 saturated carbocycles. The summed E-state index contributed by atoms with van der Waals surface area (Å²) in [6, 6.07) is 10.9. The van der Waals surface area contributed by atoms with Crippen LogP contribution in [-0.4, -0.2) is 38.6 Å². The monoisotopic (exact) mass is 562 g/mol. The van der Waals surface area contributed by atoms with Gasteiger partial charge in [-0.2, -0.15) is 13.2 Å². The van der Waals surface area contributed by atoms with Crippen molar-refractivity contribution in [3.63, 3.8) is 0 Å². The van der Waals surface area contributed by atoms with E-state index >= 15 is 0 Å². The number of aromatic nitrogens is 2. The number of aliphatic hydroxyl groups is 2. The third-order valence-electron chi connectivity index (χ3n) is 3.67. The van der Waals surface area contributed by atoms with Gasteiger partial charge in [0.15, 0.2) is 6.10 Å². The number of aryl methyl sites for hydroxylation is 1. The number of rotatable bonds is 3. The SMILES string of the molecule is CC(C)(C)C(O)CC(O)C(F)(F)F.Cc1nccnc1-c1[c-]cccc1.[Ir]. The number of benzene rings is 1. The van der Waals surface area contributed by atoms with Crippen molar-refractivity contribution >= 4 is 0 Å². The van der Waals surface area contributed by atoms with Crippen LogP contribution in [0, 0.1) is 18.4 Å². The predicted octanol–water partition coefficient (Wildman–Crippen LogP) is 3.96. The van der Waals surface area contributed by atoms with Gasteiger partial charge >= 0.3 is 6.18 Å². The van der Waals surface area contributed by atoms with Gasteiger partial charge in [0.1, 0.15) is 0 Å². The summed E-state index contributed by atoms with van der Waals surface area (Å²) in [6.07, 6.45) is -5.53. The van der Waals surface area contributed by atoms with Crippen LogP contribution in [0.2, 0.25) is 0 Å². The van der Waals surface area contributed by atoms with Crippen LogP contribution in [0.5, 0.6) is 0 Å². The predicted molar refractivity (Wildman–Crippen MR) is 93.2 cm³/mol. The van der Waals surface area contributed by atoms with Crippen molar-refractivity contribution in [3.05, 3.63) is 48.4 Å². The molecule has 0 bridgehead atoms. The molecule has 2 rings (SSSR count). The molecule has 153 valence electrons. The number of hydrogen-bond donors (Lipinski definition) is 2. The van der Waals surface area contributed by atoms with Crippen LogP contribution in [0.15, 0.2) is 36.7 Å². The fourth-order valence-electron chi connectivity index (χ4n) is 1.91. The molecule has 1 heterocycles. The van der Waals surface area contributed by atoms with E-state index < -0.39 is 30.2 Å². The zero-order chi connectivity index (χ0) is 20.0. The topological polar surface area (TPSA) is 66.2 Å². The van der Waals surface area contributed by atoms with Crippen LogP contribution < -0.4 is 0 Å². The Hall–Kier alpha value is -1.34. The van der Waals surface area contributed by atoms with Crippen molar-refractivity contribution in [2.45, 2.75) is 52.5 Å². The van der Waals surface area contributed by atoms with E-state index in [0.29, 0.717) is 0 Å². The Morgan fingerprint density at radius 1 is 1.04 bits per heavy atom. The molecular weight excluding hydrogens is 537 g/mol. The summed E-state index contributed by atoms with van der Waals surface area (Å²) in [4.78, 5) is 8.43. The van der Waals surface area contributed by atoms with Crippen molar-refractivity contribution < 1.29 is 43.5 Å². The molecule has 0 amide bonds. The van der Waals surface area contributed by atoms with Crippen molar-refractivity contribution in [3.8, 4) is 11.3 Å². The number of hydrogen-bond acceptors (Lipinski definition) is 4. The average Bonchev–Trinajstić information content (AvgIpc) is 2.55. The van der Waals surface area contributed by atoms with E-state index in [4.69, 9.17) is 5.11 Å². The molecule has 0 fully saturated rings. The molecule has 2 atom stereocenters. The maximum atomic E-state index is 11.8. The molecule has 8 heteroatoms. The van der Waals surface area contributed by atoms with Gasteiger partial charge < -0.3 is 15.2 Å². The maximum absolute atomic E-state index is 11.8. The third kappa shape index (κ3) is 8.93. The summed E-state index contributed by atoms with van der Waals surface area (Å²) in [5.74, 6) is 0. The van der Waals surface area contributed by atoms with Crippen molar-refractivity contribution in [1.29, 1.82) is 0 Å². The summed E-state index contributed by atoms with van der Waals surface area (Å²) in [7, 11) is 0. The Morgan fingerprint density at radius 2 is 1.63 bits per heavy atom. The normalized spacial score (nSPS) is 13.7. The van der Waals surface area contributed by atoms with E-state index in [2.05, 4.69) is 16.0 Å². The molecule has 0 aliphatic rings. The van der Waals surface area contributed by atoms with Crippen LogP contribution in [0.25, 0.3) is 11.3 Å². The second kappa shape index (κ2) is 10.9. The van der Waals surface area contributed by atoms with Gasteiger partial charge in [0, 0.05) is 50.3 Å². The van der Waals surface area contributed by atoms with Crippen LogP contribution in [0.1, 0.15) is 32.9 Å². The van der Waals surface area contributed by atoms with Gasteiger partial charge in [-0.3, -0.25) is 4.98 Å². The Bertz CT molecular complexity index is 659. The van der Waals surface area contributed by atoms with E-state index in [1.165, 1.54) is 0 Å². The van der Waals surface area contributed by atoms with Crippen LogP contribution in [-0.2, 0) is 20.1 Å².